The fourth-order valence-electron chi connectivity index (χ4n) is 2.06. The molecule has 1 aromatic rings. The largest absolute Gasteiger partial charge is 0.412 e. The number of ether oxygens (including phenoxy) is 1. The topological polar surface area (TPSA) is 62.1 Å². The standard InChI is InChI=1S/C13H14N2O2/c14-9-10-5-4-8-12(10)15-13(16)17-11-6-2-1-3-7-11/h1-3,6-7,10,12H,4-5,8H2,(H,15,16). The van der Waals surface area contributed by atoms with Crippen LogP contribution in [0.3, 0.4) is 0 Å². The third kappa shape index (κ3) is 2.97. The maximum atomic E-state index is 11.6. The van der Waals surface area contributed by atoms with E-state index in [4.69, 9.17) is 10.00 Å². The number of benzene rings is 1. The Morgan fingerprint density at radius 3 is 2.82 bits per heavy atom. The molecule has 4 heteroatoms. The number of amides is 1. The monoisotopic (exact) mass is 230 g/mol. The summed E-state index contributed by atoms with van der Waals surface area (Å²) in [6, 6.07) is 11.0. The highest BCUT2D eigenvalue weighted by Crippen LogP contribution is 2.24. The van der Waals surface area contributed by atoms with Crippen molar-refractivity contribution in [1.82, 2.24) is 5.32 Å². The normalized spacial score (nSPS) is 22.8. The van der Waals surface area contributed by atoms with Crippen LogP contribution in [0.4, 0.5) is 4.79 Å². The summed E-state index contributed by atoms with van der Waals surface area (Å²) >= 11 is 0. The molecule has 0 bridgehead atoms. The molecule has 0 aromatic heterocycles. The van der Waals surface area contributed by atoms with E-state index in [1.807, 2.05) is 6.07 Å². The van der Waals surface area contributed by atoms with Gasteiger partial charge in [-0.25, -0.2) is 4.79 Å². The van der Waals surface area contributed by atoms with Crippen LogP contribution in [0.25, 0.3) is 0 Å². The molecule has 0 aliphatic heterocycles. The number of rotatable bonds is 2. The van der Waals surface area contributed by atoms with Crippen molar-refractivity contribution >= 4 is 6.09 Å². The number of carbonyl (C=O) groups is 1. The predicted molar refractivity (Wildman–Crippen MR) is 62.3 cm³/mol. The van der Waals surface area contributed by atoms with Crippen LogP contribution in [0, 0.1) is 17.2 Å². The highest BCUT2D eigenvalue weighted by atomic mass is 16.6. The van der Waals surface area contributed by atoms with Gasteiger partial charge >= 0.3 is 6.09 Å². The van der Waals surface area contributed by atoms with E-state index in [1.165, 1.54) is 0 Å². The third-order valence-corrected chi connectivity index (χ3v) is 2.94. The summed E-state index contributed by atoms with van der Waals surface area (Å²) in [5, 5.41) is 11.6. The molecular weight excluding hydrogens is 216 g/mol. The Labute approximate surface area is 100 Å². The molecule has 1 N–H and O–H groups in total. The smallest absolute Gasteiger partial charge is 0.410 e. The lowest BCUT2D eigenvalue weighted by Gasteiger charge is -2.15. The quantitative estimate of drug-likeness (QED) is 0.848. The van der Waals surface area contributed by atoms with Gasteiger partial charge in [0.25, 0.3) is 0 Å². The summed E-state index contributed by atoms with van der Waals surface area (Å²) in [5.41, 5.74) is 0. The molecule has 1 saturated carbocycles. The second-order valence-corrected chi connectivity index (χ2v) is 4.12. The summed E-state index contributed by atoms with van der Waals surface area (Å²) in [6.07, 6.45) is 2.20. The van der Waals surface area contributed by atoms with E-state index in [0.717, 1.165) is 19.3 Å². The second kappa shape index (κ2) is 5.35. The number of para-hydroxylation sites is 1. The lowest BCUT2D eigenvalue weighted by molar-refractivity contribution is 0.194. The molecule has 1 fully saturated rings. The molecule has 2 atom stereocenters. The van der Waals surface area contributed by atoms with E-state index >= 15 is 0 Å². The molecule has 2 unspecified atom stereocenters. The predicted octanol–water partition coefficient (Wildman–Crippen LogP) is 2.47. The molecule has 2 rings (SSSR count). The van der Waals surface area contributed by atoms with Gasteiger partial charge < -0.3 is 10.1 Å². The van der Waals surface area contributed by atoms with Crippen molar-refractivity contribution in [3.8, 4) is 11.8 Å². The van der Waals surface area contributed by atoms with Gasteiger partial charge in [0.15, 0.2) is 0 Å². The maximum absolute atomic E-state index is 11.6. The van der Waals surface area contributed by atoms with Gasteiger partial charge in [-0.3, -0.25) is 0 Å². The van der Waals surface area contributed by atoms with Crippen molar-refractivity contribution in [2.24, 2.45) is 5.92 Å². The van der Waals surface area contributed by atoms with Crippen LogP contribution < -0.4 is 10.1 Å². The van der Waals surface area contributed by atoms with Crippen molar-refractivity contribution in [2.75, 3.05) is 0 Å². The minimum atomic E-state index is -0.483. The molecule has 0 radical (unpaired) electrons. The molecule has 1 aliphatic carbocycles. The molecule has 0 spiro atoms. The lowest BCUT2D eigenvalue weighted by Crippen LogP contribution is -2.38. The molecule has 0 saturated heterocycles. The molecule has 88 valence electrons. The number of carbonyl (C=O) groups excluding carboxylic acids is 1. The molecule has 17 heavy (non-hydrogen) atoms. The Morgan fingerprint density at radius 2 is 2.12 bits per heavy atom. The summed E-state index contributed by atoms with van der Waals surface area (Å²) in [7, 11) is 0. The average Bonchev–Trinajstić information content (AvgIpc) is 2.77. The number of nitrogens with one attached hydrogen (secondary N) is 1. The van der Waals surface area contributed by atoms with Crippen LogP contribution >= 0.6 is 0 Å². The number of nitrogens with zero attached hydrogens (tertiary/aromatic N) is 1. The minimum Gasteiger partial charge on any atom is -0.410 e. The van der Waals surface area contributed by atoms with Gasteiger partial charge in [-0.05, 0) is 31.4 Å². The first-order valence-electron chi connectivity index (χ1n) is 5.72. The summed E-state index contributed by atoms with van der Waals surface area (Å²) < 4.78 is 5.11. The van der Waals surface area contributed by atoms with Gasteiger partial charge in [0.05, 0.1) is 12.0 Å². The van der Waals surface area contributed by atoms with Crippen LogP contribution in [0.5, 0.6) is 5.75 Å². The molecule has 1 aliphatic rings. The van der Waals surface area contributed by atoms with Crippen LogP contribution in [-0.4, -0.2) is 12.1 Å². The van der Waals surface area contributed by atoms with Gasteiger partial charge in [-0.2, -0.15) is 5.26 Å². The zero-order valence-corrected chi connectivity index (χ0v) is 9.43. The van der Waals surface area contributed by atoms with Gasteiger partial charge in [-0.1, -0.05) is 18.2 Å². The zero-order chi connectivity index (χ0) is 12.1. The van der Waals surface area contributed by atoms with Crippen molar-refractivity contribution in [2.45, 2.75) is 25.3 Å². The summed E-state index contributed by atoms with van der Waals surface area (Å²) in [6.45, 7) is 0. The van der Waals surface area contributed by atoms with Gasteiger partial charge in [0.2, 0.25) is 0 Å². The Bertz CT molecular complexity index is 425. The van der Waals surface area contributed by atoms with E-state index in [1.54, 1.807) is 24.3 Å². The van der Waals surface area contributed by atoms with Crippen molar-refractivity contribution in [1.29, 1.82) is 5.26 Å². The SMILES string of the molecule is N#CC1CCCC1NC(=O)Oc1ccccc1. The average molecular weight is 230 g/mol. The Kier molecular flexibility index (Phi) is 3.61. The molecular formula is C13H14N2O2. The van der Waals surface area contributed by atoms with Crippen LogP contribution in [0.2, 0.25) is 0 Å². The number of hydrogen-bond acceptors (Lipinski definition) is 3. The van der Waals surface area contributed by atoms with Crippen molar-refractivity contribution in [3.05, 3.63) is 30.3 Å². The van der Waals surface area contributed by atoms with Crippen LogP contribution in [-0.2, 0) is 0 Å². The fraction of sp³-hybridized carbons (Fsp3) is 0.385. The fourth-order valence-corrected chi connectivity index (χ4v) is 2.06. The minimum absolute atomic E-state index is 0.0730. The Morgan fingerprint density at radius 1 is 1.35 bits per heavy atom. The Hall–Kier alpha value is -2.02. The first-order chi connectivity index (χ1) is 8.29. The van der Waals surface area contributed by atoms with Crippen molar-refractivity contribution in [3.63, 3.8) is 0 Å². The van der Waals surface area contributed by atoms with Gasteiger partial charge in [0.1, 0.15) is 5.75 Å². The van der Waals surface area contributed by atoms with E-state index in [2.05, 4.69) is 11.4 Å². The number of hydrogen-bond donors (Lipinski definition) is 1. The van der Waals surface area contributed by atoms with E-state index in [9.17, 15) is 4.79 Å². The second-order valence-electron chi connectivity index (χ2n) is 4.12. The lowest BCUT2D eigenvalue weighted by atomic mass is 10.1. The number of nitriles is 1. The molecule has 1 aromatic carbocycles. The van der Waals surface area contributed by atoms with E-state index in [-0.39, 0.29) is 12.0 Å². The maximum Gasteiger partial charge on any atom is 0.412 e. The molecule has 1 amide bonds. The molecule has 4 nitrogen and oxygen atoms in total. The first-order valence-corrected chi connectivity index (χ1v) is 5.72. The highest BCUT2D eigenvalue weighted by molar-refractivity contribution is 5.70. The van der Waals surface area contributed by atoms with Gasteiger partial charge in [0, 0.05) is 6.04 Å². The third-order valence-electron chi connectivity index (χ3n) is 2.94. The van der Waals surface area contributed by atoms with E-state index in [0.29, 0.717) is 5.75 Å². The summed E-state index contributed by atoms with van der Waals surface area (Å²) in [4.78, 5) is 11.6. The highest BCUT2D eigenvalue weighted by Gasteiger charge is 2.28. The zero-order valence-electron chi connectivity index (χ0n) is 9.43. The molecule has 0 heterocycles. The van der Waals surface area contributed by atoms with Crippen molar-refractivity contribution < 1.29 is 9.53 Å². The van der Waals surface area contributed by atoms with Crippen LogP contribution in [0.15, 0.2) is 30.3 Å². The Balaban J connectivity index is 1.88. The van der Waals surface area contributed by atoms with Gasteiger partial charge in [-0.15, -0.1) is 0 Å². The van der Waals surface area contributed by atoms with E-state index < -0.39 is 6.09 Å². The first kappa shape index (κ1) is 11.5. The van der Waals surface area contributed by atoms with Crippen LogP contribution in [0.1, 0.15) is 19.3 Å². The summed E-state index contributed by atoms with van der Waals surface area (Å²) in [5.74, 6) is 0.426.